The molecule has 2 rings (SSSR count). The van der Waals surface area contributed by atoms with E-state index in [0.717, 1.165) is 17.4 Å². The van der Waals surface area contributed by atoms with Crippen LogP contribution < -0.4 is 5.32 Å². The average Bonchev–Trinajstić information content (AvgIpc) is 2.61. The van der Waals surface area contributed by atoms with E-state index in [9.17, 15) is 4.79 Å². The fourth-order valence-corrected chi connectivity index (χ4v) is 3.64. The lowest BCUT2D eigenvalue weighted by atomic mass is 9.77. The Morgan fingerprint density at radius 3 is 2.48 bits per heavy atom. The maximum absolute atomic E-state index is 11.2. The van der Waals surface area contributed by atoms with Crippen LogP contribution in [-0.4, -0.2) is 5.91 Å². The van der Waals surface area contributed by atoms with Crippen molar-refractivity contribution in [3.8, 4) is 0 Å². The van der Waals surface area contributed by atoms with E-state index in [1.807, 2.05) is 0 Å². The number of nitrogens with one attached hydrogen (secondary N) is 1. The molecular weight excluding hydrogens is 282 g/mol. The van der Waals surface area contributed by atoms with Gasteiger partial charge in [-0.3, -0.25) is 4.79 Å². The summed E-state index contributed by atoms with van der Waals surface area (Å²) in [6.07, 6.45) is 12.3. The third-order valence-electron chi connectivity index (χ3n) is 5.17. The van der Waals surface area contributed by atoms with Gasteiger partial charge in [0.05, 0.1) is 0 Å². The molecule has 1 aliphatic carbocycles. The summed E-state index contributed by atoms with van der Waals surface area (Å²) in [4.78, 5) is 11.2. The molecule has 0 bridgehead atoms. The summed E-state index contributed by atoms with van der Waals surface area (Å²) in [6, 6.07) is 8.78. The molecule has 0 saturated heterocycles. The fourth-order valence-electron chi connectivity index (χ4n) is 3.64. The van der Waals surface area contributed by atoms with Crippen molar-refractivity contribution in [3.05, 3.63) is 48.0 Å². The van der Waals surface area contributed by atoms with Crippen molar-refractivity contribution in [1.82, 2.24) is 5.32 Å². The topological polar surface area (TPSA) is 29.1 Å². The minimum Gasteiger partial charge on any atom is -0.348 e. The van der Waals surface area contributed by atoms with E-state index < -0.39 is 0 Å². The number of benzene rings is 1. The van der Waals surface area contributed by atoms with Gasteiger partial charge in [-0.15, -0.1) is 0 Å². The van der Waals surface area contributed by atoms with Crippen LogP contribution in [0.3, 0.4) is 0 Å². The third-order valence-corrected chi connectivity index (χ3v) is 5.17. The normalized spacial score (nSPS) is 20.9. The standard InChI is InChI=1S/C21H31NO/c1-3-5-6-7-17-8-12-19(13-9-17)20-14-10-18(11-15-20)16-22-21(23)4-2/h4,10-11,14-15,17,19H,2-3,5-9,12-13,16H2,1H3,(H,22,23). The molecule has 0 unspecified atom stereocenters. The second kappa shape index (κ2) is 9.54. The molecule has 0 heterocycles. The number of hydrogen-bond acceptors (Lipinski definition) is 1. The highest BCUT2D eigenvalue weighted by atomic mass is 16.1. The van der Waals surface area contributed by atoms with E-state index in [1.54, 1.807) is 0 Å². The largest absolute Gasteiger partial charge is 0.348 e. The Balaban J connectivity index is 1.77. The first-order chi connectivity index (χ1) is 11.2. The minimum atomic E-state index is -0.115. The van der Waals surface area contributed by atoms with Crippen LogP contribution >= 0.6 is 0 Å². The van der Waals surface area contributed by atoms with E-state index in [-0.39, 0.29) is 5.91 Å². The highest BCUT2D eigenvalue weighted by molar-refractivity contribution is 5.86. The zero-order chi connectivity index (χ0) is 16.5. The van der Waals surface area contributed by atoms with Crippen LogP contribution in [-0.2, 0) is 11.3 Å². The van der Waals surface area contributed by atoms with E-state index >= 15 is 0 Å². The van der Waals surface area contributed by atoms with E-state index in [4.69, 9.17) is 0 Å². The van der Waals surface area contributed by atoms with Gasteiger partial charge in [-0.05, 0) is 54.7 Å². The molecule has 23 heavy (non-hydrogen) atoms. The first kappa shape index (κ1) is 17.8. The number of carbonyl (C=O) groups is 1. The highest BCUT2D eigenvalue weighted by Gasteiger charge is 2.21. The minimum absolute atomic E-state index is 0.115. The van der Waals surface area contributed by atoms with Gasteiger partial charge in [0, 0.05) is 6.54 Å². The van der Waals surface area contributed by atoms with Gasteiger partial charge < -0.3 is 5.32 Å². The quantitative estimate of drug-likeness (QED) is 0.509. The molecule has 1 amide bonds. The first-order valence-electron chi connectivity index (χ1n) is 9.22. The molecule has 126 valence electrons. The molecule has 0 aromatic heterocycles. The number of rotatable bonds is 8. The summed E-state index contributed by atoms with van der Waals surface area (Å²) in [5.41, 5.74) is 2.62. The molecule has 0 spiro atoms. The Labute approximate surface area is 141 Å². The lowest BCUT2D eigenvalue weighted by Crippen LogP contribution is -2.20. The number of hydrogen-bond donors (Lipinski definition) is 1. The summed E-state index contributed by atoms with van der Waals surface area (Å²) in [6.45, 7) is 6.33. The molecule has 1 N–H and O–H groups in total. The molecule has 1 aromatic carbocycles. The van der Waals surface area contributed by atoms with E-state index in [2.05, 4.69) is 43.1 Å². The van der Waals surface area contributed by atoms with E-state index in [1.165, 1.54) is 63.0 Å². The molecule has 0 atom stereocenters. The summed E-state index contributed by atoms with van der Waals surface area (Å²) in [7, 11) is 0. The van der Waals surface area contributed by atoms with Gasteiger partial charge >= 0.3 is 0 Å². The van der Waals surface area contributed by atoms with Crippen molar-refractivity contribution in [2.75, 3.05) is 0 Å². The Morgan fingerprint density at radius 1 is 1.17 bits per heavy atom. The van der Waals surface area contributed by atoms with Crippen molar-refractivity contribution in [2.24, 2.45) is 5.92 Å². The predicted octanol–water partition coefficient (Wildman–Crippen LogP) is 5.34. The molecule has 1 aliphatic rings. The molecule has 2 nitrogen and oxygen atoms in total. The molecule has 0 aliphatic heterocycles. The van der Waals surface area contributed by atoms with Crippen molar-refractivity contribution >= 4 is 5.91 Å². The van der Waals surface area contributed by atoms with Crippen LogP contribution in [0.1, 0.15) is 75.3 Å². The second-order valence-corrected chi connectivity index (χ2v) is 6.88. The Bertz CT molecular complexity index is 483. The van der Waals surface area contributed by atoms with Crippen molar-refractivity contribution in [1.29, 1.82) is 0 Å². The molecule has 1 fully saturated rings. The number of amides is 1. The maximum atomic E-state index is 11.2. The van der Waals surface area contributed by atoms with Gasteiger partial charge in [-0.2, -0.15) is 0 Å². The van der Waals surface area contributed by atoms with Crippen LogP contribution in [0.4, 0.5) is 0 Å². The van der Waals surface area contributed by atoms with Crippen molar-refractivity contribution in [2.45, 2.75) is 70.8 Å². The summed E-state index contributed by atoms with van der Waals surface area (Å²) >= 11 is 0. The molecule has 2 heteroatoms. The Kier molecular flexibility index (Phi) is 7.38. The van der Waals surface area contributed by atoms with Crippen LogP contribution in [0.2, 0.25) is 0 Å². The molecule has 0 radical (unpaired) electrons. The zero-order valence-electron chi connectivity index (χ0n) is 14.5. The van der Waals surface area contributed by atoms with Crippen LogP contribution in [0.5, 0.6) is 0 Å². The fraction of sp³-hybridized carbons (Fsp3) is 0.571. The van der Waals surface area contributed by atoms with Gasteiger partial charge in [0.25, 0.3) is 0 Å². The second-order valence-electron chi connectivity index (χ2n) is 6.88. The first-order valence-corrected chi connectivity index (χ1v) is 9.22. The summed E-state index contributed by atoms with van der Waals surface area (Å²) in [5, 5.41) is 2.82. The van der Waals surface area contributed by atoms with Crippen molar-refractivity contribution in [3.63, 3.8) is 0 Å². The van der Waals surface area contributed by atoms with Gasteiger partial charge in [0.2, 0.25) is 5.91 Å². The van der Waals surface area contributed by atoms with Gasteiger partial charge in [0.1, 0.15) is 0 Å². The van der Waals surface area contributed by atoms with Gasteiger partial charge in [-0.1, -0.05) is 63.5 Å². The van der Waals surface area contributed by atoms with Crippen LogP contribution in [0.15, 0.2) is 36.9 Å². The predicted molar refractivity (Wildman–Crippen MR) is 97.3 cm³/mol. The van der Waals surface area contributed by atoms with Crippen LogP contribution in [0.25, 0.3) is 0 Å². The monoisotopic (exact) mass is 313 g/mol. The number of carbonyl (C=O) groups excluding carboxylic acids is 1. The van der Waals surface area contributed by atoms with E-state index in [0.29, 0.717) is 6.54 Å². The molecule has 1 saturated carbocycles. The molecular formula is C21H31NO. The average molecular weight is 313 g/mol. The Hall–Kier alpha value is -1.57. The van der Waals surface area contributed by atoms with Gasteiger partial charge in [-0.25, -0.2) is 0 Å². The summed E-state index contributed by atoms with van der Waals surface area (Å²) in [5.74, 6) is 1.58. The van der Waals surface area contributed by atoms with Crippen molar-refractivity contribution < 1.29 is 4.79 Å². The molecule has 1 aromatic rings. The lowest BCUT2D eigenvalue weighted by Gasteiger charge is -2.29. The smallest absolute Gasteiger partial charge is 0.243 e. The Morgan fingerprint density at radius 2 is 1.87 bits per heavy atom. The van der Waals surface area contributed by atoms with Gasteiger partial charge in [0.15, 0.2) is 0 Å². The zero-order valence-corrected chi connectivity index (χ0v) is 14.5. The third kappa shape index (κ3) is 5.85. The lowest BCUT2D eigenvalue weighted by molar-refractivity contribution is -0.116. The number of unbranched alkanes of at least 4 members (excludes halogenated alkanes) is 2. The SMILES string of the molecule is C=CC(=O)NCc1ccc(C2CCC(CCCCC)CC2)cc1. The summed E-state index contributed by atoms with van der Waals surface area (Å²) < 4.78 is 0. The highest BCUT2D eigenvalue weighted by Crippen LogP contribution is 2.37. The van der Waals surface area contributed by atoms with Crippen LogP contribution in [0, 0.1) is 5.92 Å². The maximum Gasteiger partial charge on any atom is 0.243 e.